The molecule has 0 bridgehead atoms. The van der Waals surface area contributed by atoms with Gasteiger partial charge in [-0.3, -0.25) is 19.3 Å². The number of hydrogen-bond acceptors (Lipinski definition) is 5. The monoisotopic (exact) mass is 446 g/mol. The lowest BCUT2D eigenvalue weighted by Gasteiger charge is -2.25. The molecule has 1 atom stereocenters. The van der Waals surface area contributed by atoms with Gasteiger partial charge >= 0.3 is 5.97 Å². The quantitative estimate of drug-likeness (QED) is 0.517. The van der Waals surface area contributed by atoms with E-state index in [0.29, 0.717) is 0 Å². The number of nitrogens with zero attached hydrogens (tertiary/aromatic N) is 1. The molecular weight excluding hydrogens is 427 g/mol. The van der Waals surface area contributed by atoms with E-state index < -0.39 is 42.2 Å². The van der Waals surface area contributed by atoms with Gasteiger partial charge < -0.3 is 10.1 Å². The highest BCUT2D eigenvalue weighted by Crippen LogP contribution is 2.27. The first-order chi connectivity index (χ1) is 14.7. The summed E-state index contributed by atoms with van der Waals surface area (Å²) in [7, 11) is 0. The predicted molar refractivity (Wildman–Crippen MR) is 111 cm³/mol. The zero-order valence-electron chi connectivity index (χ0n) is 16.9. The van der Waals surface area contributed by atoms with Gasteiger partial charge in [-0.25, -0.2) is 9.18 Å². The molecule has 2 aromatic carbocycles. The highest BCUT2D eigenvalue weighted by atomic mass is 35.5. The number of ether oxygens (including phenoxy) is 1. The molecule has 7 nitrogen and oxygen atoms in total. The molecule has 2 aromatic rings. The number of nitrogens with one attached hydrogen (secondary N) is 1. The third-order valence-corrected chi connectivity index (χ3v) is 4.94. The first kappa shape index (κ1) is 22.4. The van der Waals surface area contributed by atoms with Crippen molar-refractivity contribution in [2.24, 2.45) is 5.92 Å². The van der Waals surface area contributed by atoms with Crippen molar-refractivity contribution in [3.8, 4) is 0 Å². The standard InChI is InChI=1S/C22H20ClFN2O5/c1-12(2)9-18(26-20(28)14-5-3-4-6-15(14)21(26)29)22(30)31-11-19(27)25-13-7-8-17(24)16(23)10-13/h3-8,10,12,18H,9,11H2,1-2H3,(H,25,27)/t18-/m0/s1. The Kier molecular flexibility index (Phi) is 6.70. The second-order valence-corrected chi connectivity index (χ2v) is 7.86. The summed E-state index contributed by atoms with van der Waals surface area (Å²) >= 11 is 5.67. The lowest BCUT2D eigenvalue weighted by Crippen LogP contribution is -2.46. The maximum Gasteiger partial charge on any atom is 0.329 e. The second kappa shape index (κ2) is 9.26. The SMILES string of the molecule is CC(C)C[C@@H](C(=O)OCC(=O)Nc1ccc(F)c(Cl)c1)N1C(=O)c2ccccc2C1=O. The molecule has 0 saturated heterocycles. The number of anilines is 1. The average molecular weight is 447 g/mol. The van der Waals surface area contributed by atoms with Crippen LogP contribution in [0.4, 0.5) is 10.1 Å². The fourth-order valence-corrected chi connectivity index (χ4v) is 3.43. The van der Waals surface area contributed by atoms with Crippen LogP contribution in [0.15, 0.2) is 42.5 Å². The summed E-state index contributed by atoms with van der Waals surface area (Å²) in [6, 6.07) is 8.76. The van der Waals surface area contributed by atoms with E-state index in [1.54, 1.807) is 12.1 Å². The number of carbonyl (C=O) groups is 4. The summed E-state index contributed by atoms with van der Waals surface area (Å²) in [5, 5.41) is 2.26. The molecule has 9 heteroatoms. The Balaban J connectivity index is 1.69. The Morgan fingerprint density at radius 3 is 2.26 bits per heavy atom. The molecule has 1 N–H and O–H groups in total. The largest absolute Gasteiger partial charge is 0.454 e. The Hall–Kier alpha value is -3.26. The summed E-state index contributed by atoms with van der Waals surface area (Å²) in [6.07, 6.45) is 0.180. The van der Waals surface area contributed by atoms with Crippen molar-refractivity contribution in [2.45, 2.75) is 26.3 Å². The number of fused-ring (bicyclic) bond motifs is 1. The van der Waals surface area contributed by atoms with Crippen LogP contribution < -0.4 is 5.32 Å². The maximum absolute atomic E-state index is 13.2. The number of hydrogen-bond donors (Lipinski definition) is 1. The molecular formula is C22H20ClFN2O5. The van der Waals surface area contributed by atoms with Crippen molar-refractivity contribution >= 4 is 41.0 Å². The highest BCUT2D eigenvalue weighted by Gasteiger charge is 2.43. The fourth-order valence-electron chi connectivity index (χ4n) is 3.25. The topological polar surface area (TPSA) is 92.8 Å². The van der Waals surface area contributed by atoms with Crippen LogP contribution in [0, 0.1) is 11.7 Å². The number of imide groups is 1. The van der Waals surface area contributed by atoms with Crippen LogP contribution in [-0.4, -0.2) is 41.2 Å². The summed E-state index contributed by atoms with van der Waals surface area (Å²) in [5.41, 5.74) is 0.673. The maximum atomic E-state index is 13.2. The minimum absolute atomic E-state index is 0.0305. The number of amides is 3. The summed E-state index contributed by atoms with van der Waals surface area (Å²) in [6.45, 7) is 3.03. The van der Waals surface area contributed by atoms with Gasteiger partial charge in [-0.15, -0.1) is 0 Å². The molecule has 0 spiro atoms. The van der Waals surface area contributed by atoms with Crippen molar-refractivity contribution in [3.63, 3.8) is 0 Å². The minimum atomic E-state index is -1.17. The third-order valence-electron chi connectivity index (χ3n) is 4.65. The van der Waals surface area contributed by atoms with Gasteiger partial charge in [0.05, 0.1) is 16.1 Å². The molecule has 1 aliphatic rings. The van der Waals surface area contributed by atoms with Crippen LogP contribution in [0.3, 0.4) is 0 Å². The van der Waals surface area contributed by atoms with E-state index in [1.165, 1.54) is 24.3 Å². The Morgan fingerprint density at radius 2 is 1.71 bits per heavy atom. The van der Waals surface area contributed by atoms with Crippen LogP contribution in [0.25, 0.3) is 0 Å². The molecule has 0 saturated carbocycles. The van der Waals surface area contributed by atoms with Gasteiger partial charge in [0.25, 0.3) is 17.7 Å². The molecule has 0 fully saturated rings. The van der Waals surface area contributed by atoms with Crippen molar-refractivity contribution in [1.82, 2.24) is 4.90 Å². The van der Waals surface area contributed by atoms with Gasteiger partial charge in [-0.2, -0.15) is 0 Å². The van der Waals surface area contributed by atoms with Crippen LogP contribution in [-0.2, 0) is 14.3 Å². The van der Waals surface area contributed by atoms with Gasteiger partial charge in [0.1, 0.15) is 11.9 Å². The van der Waals surface area contributed by atoms with Crippen molar-refractivity contribution in [2.75, 3.05) is 11.9 Å². The van der Waals surface area contributed by atoms with Crippen LogP contribution in [0.5, 0.6) is 0 Å². The Bertz CT molecular complexity index is 1020. The van der Waals surface area contributed by atoms with Crippen molar-refractivity contribution in [1.29, 1.82) is 0 Å². The number of halogens is 2. The number of benzene rings is 2. The molecule has 0 unspecified atom stereocenters. The molecule has 1 heterocycles. The summed E-state index contributed by atoms with van der Waals surface area (Å²) < 4.78 is 18.3. The molecule has 162 valence electrons. The average Bonchev–Trinajstić information content (AvgIpc) is 2.98. The van der Waals surface area contributed by atoms with E-state index in [0.717, 1.165) is 11.0 Å². The van der Waals surface area contributed by atoms with Crippen LogP contribution >= 0.6 is 11.6 Å². The lowest BCUT2D eigenvalue weighted by molar-refractivity contribution is -0.151. The van der Waals surface area contributed by atoms with Crippen LogP contribution in [0.2, 0.25) is 5.02 Å². The smallest absolute Gasteiger partial charge is 0.329 e. The Morgan fingerprint density at radius 1 is 1.10 bits per heavy atom. The van der Waals surface area contributed by atoms with Crippen LogP contribution in [0.1, 0.15) is 41.0 Å². The van der Waals surface area contributed by atoms with Gasteiger partial charge in [0.2, 0.25) is 0 Å². The predicted octanol–water partition coefficient (Wildman–Crippen LogP) is 3.67. The van der Waals surface area contributed by atoms with E-state index in [-0.39, 0.29) is 34.2 Å². The van der Waals surface area contributed by atoms with Crippen molar-refractivity contribution in [3.05, 3.63) is 64.4 Å². The van der Waals surface area contributed by atoms with Gasteiger partial charge in [-0.05, 0) is 42.7 Å². The Labute approximate surface area is 183 Å². The van der Waals surface area contributed by atoms with E-state index in [4.69, 9.17) is 16.3 Å². The van der Waals surface area contributed by atoms with E-state index in [1.807, 2.05) is 13.8 Å². The third kappa shape index (κ3) is 4.91. The fraction of sp³-hybridized carbons (Fsp3) is 0.273. The zero-order chi connectivity index (χ0) is 22.7. The molecule has 0 radical (unpaired) electrons. The van der Waals surface area contributed by atoms with E-state index in [9.17, 15) is 23.6 Å². The number of esters is 1. The summed E-state index contributed by atoms with van der Waals surface area (Å²) in [4.78, 5) is 51.2. The van der Waals surface area contributed by atoms with Gasteiger partial charge in [0, 0.05) is 5.69 Å². The number of rotatable bonds is 7. The molecule has 31 heavy (non-hydrogen) atoms. The molecule has 1 aliphatic heterocycles. The normalized spacial score (nSPS) is 13.9. The zero-order valence-corrected chi connectivity index (χ0v) is 17.6. The lowest BCUT2D eigenvalue weighted by atomic mass is 10.0. The highest BCUT2D eigenvalue weighted by molar-refractivity contribution is 6.31. The second-order valence-electron chi connectivity index (χ2n) is 7.46. The van der Waals surface area contributed by atoms with Crippen molar-refractivity contribution < 1.29 is 28.3 Å². The van der Waals surface area contributed by atoms with Gasteiger partial charge in [0.15, 0.2) is 6.61 Å². The first-order valence-electron chi connectivity index (χ1n) is 9.57. The van der Waals surface area contributed by atoms with Gasteiger partial charge in [-0.1, -0.05) is 37.6 Å². The molecule has 0 aromatic heterocycles. The van der Waals surface area contributed by atoms with E-state index >= 15 is 0 Å². The minimum Gasteiger partial charge on any atom is -0.454 e. The molecule has 3 amide bonds. The molecule has 0 aliphatic carbocycles. The molecule has 3 rings (SSSR count). The first-order valence-corrected chi connectivity index (χ1v) is 9.95. The van der Waals surface area contributed by atoms with E-state index in [2.05, 4.69) is 5.32 Å². The summed E-state index contributed by atoms with van der Waals surface area (Å²) in [5.74, 6) is -3.36. The number of carbonyl (C=O) groups excluding carboxylic acids is 4.